The highest BCUT2D eigenvalue weighted by Crippen LogP contribution is 2.30. The largest absolute Gasteiger partial charge is 0.435 e. The summed E-state index contributed by atoms with van der Waals surface area (Å²) in [6, 6.07) is 6.29. The number of halogens is 2. The fraction of sp³-hybridized carbons (Fsp3) is 0.462. The summed E-state index contributed by atoms with van der Waals surface area (Å²) in [7, 11) is 0. The van der Waals surface area contributed by atoms with Crippen molar-refractivity contribution in [2.45, 2.75) is 38.0 Å². The van der Waals surface area contributed by atoms with Crippen molar-refractivity contribution in [3.8, 4) is 5.75 Å². The minimum Gasteiger partial charge on any atom is -0.435 e. The predicted molar refractivity (Wildman–Crippen MR) is 65.8 cm³/mol. The van der Waals surface area contributed by atoms with Gasteiger partial charge >= 0.3 is 6.61 Å². The number of primary amides is 1. The lowest BCUT2D eigenvalue weighted by Gasteiger charge is -2.28. The molecule has 1 amide bonds. The maximum Gasteiger partial charge on any atom is 0.387 e. The third-order valence-electron chi connectivity index (χ3n) is 3.20. The molecule has 1 unspecified atom stereocenters. The van der Waals surface area contributed by atoms with E-state index >= 15 is 0 Å². The number of carbonyl (C=O) groups excluding carboxylic acids is 1. The van der Waals surface area contributed by atoms with Crippen LogP contribution in [0.1, 0.15) is 25.3 Å². The van der Waals surface area contributed by atoms with Gasteiger partial charge in [0.15, 0.2) is 0 Å². The molecule has 2 rings (SSSR count). The molecular formula is C13H16F2N2O2. The Morgan fingerprint density at radius 2 is 2.21 bits per heavy atom. The normalized spacial score (nSPS) is 18.1. The molecule has 3 N–H and O–H groups in total. The molecule has 1 saturated carbocycles. The molecule has 0 spiro atoms. The van der Waals surface area contributed by atoms with Gasteiger partial charge in [0, 0.05) is 6.04 Å². The molecule has 0 radical (unpaired) electrons. The number of amides is 1. The first-order valence-electron chi connectivity index (χ1n) is 6.05. The maximum absolute atomic E-state index is 12.2. The van der Waals surface area contributed by atoms with Gasteiger partial charge in [-0.3, -0.25) is 10.1 Å². The fourth-order valence-electron chi connectivity index (χ4n) is 1.92. The third kappa shape index (κ3) is 3.20. The van der Waals surface area contributed by atoms with E-state index in [1.165, 1.54) is 12.1 Å². The second kappa shape index (κ2) is 5.13. The Morgan fingerprint density at radius 3 is 2.74 bits per heavy atom. The van der Waals surface area contributed by atoms with E-state index < -0.39 is 18.1 Å². The molecule has 1 atom stereocenters. The number of benzene rings is 1. The highest BCUT2D eigenvalue weighted by Gasteiger charge is 2.38. The molecule has 19 heavy (non-hydrogen) atoms. The van der Waals surface area contributed by atoms with E-state index in [0.717, 1.165) is 12.8 Å². The molecule has 0 aliphatic heterocycles. The van der Waals surface area contributed by atoms with Gasteiger partial charge in [0.25, 0.3) is 0 Å². The summed E-state index contributed by atoms with van der Waals surface area (Å²) in [6.45, 7) is -1.25. The number of hydrogen-bond acceptors (Lipinski definition) is 3. The Balaban J connectivity index is 2.27. The van der Waals surface area contributed by atoms with Crippen LogP contribution in [0.2, 0.25) is 0 Å². The van der Waals surface area contributed by atoms with Crippen molar-refractivity contribution in [2.24, 2.45) is 5.73 Å². The average molecular weight is 270 g/mol. The summed E-state index contributed by atoms with van der Waals surface area (Å²) < 4.78 is 28.7. The van der Waals surface area contributed by atoms with Gasteiger partial charge in [0.05, 0.1) is 0 Å². The van der Waals surface area contributed by atoms with Gasteiger partial charge in [-0.15, -0.1) is 0 Å². The van der Waals surface area contributed by atoms with Crippen molar-refractivity contribution >= 4 is 5.91 Å². The van der Waals surface area contributed by atoms with Gasteiger partial charge in [0.2, 0.25) is 5.91 Å². The van der Waals surface area contributed by atoms with Crippen molar-refractivity contribution in [1.82, 2.24) is 5.32 Å². The molecule has 4 nitrogen and oxygen atoms in total. The van der Waals surface area contributed by atoms with E-state index in [-0.39, 0.29) is 11.8 Å². The molecule has 0 heterocycles. The molecule has 0 aromatic heterocycles. The number of rotatable bonds is 6. The summed E-state index contributed by atoms with van der Waals surface area (Å²) in [5, 5.41) is 3.15. The summed E-state index contributed by atoms with van der Waals surface area (Å²) in [5.74, 6) is -0.536. The van der Waals surface area contributed by atoms with E-state index in [2.05, 4.69) is 10.1 Å². The molecule has 1 aromatic carbocycles. The molecule has 1 aromatic rings. The van der Waals surface area contributed by atoms with Gasteiger partial charge in [0.1, 0.15) is 11.3 Å². The highest BCUT2D eigenvalue weighted by atomic mass is 19.3. The number of ether oxygens (including phenoxy) is 1. The standard InChI is InChI=1S/C13H16F2N2O2/c1-13(11(16)18,17-9-5-6-9)8-3-2-4-10(7-8)19-12(14)15/h2-4,7,9,12,17H,5-6H2,1H3,(H2,16,18). The SMILES string of the molecule is CC(NC1CC1)(C(N)=O)c1cccc(OC(F)F)c1. The van der Waals surface area contributed by atoms with Crippen molar-refractivity contribution in [1.29, 1.82) is 0 Å². The van der Waals surface area contributed by atoms with E-state index in [0.29, 0.717) is 5.56 Å². The summed E-state index contributed by atoms with van der Waals surface area (Å²) in [6.07, 6.45) is 1.96. The number of nitrogens with two attached hydrogens (primary N) is 1. The molecule has 1 aliphatic rings. The molecular weight excluding hydrogens is 254 g/mol. The van der Waals surface area contributed by atoms with Crippen LogP contribution in [0.5, 0.6) is 5.75 Å². The summed E-state index contributed by atoms with van der Waals surface area (Å²) >= 11 is 0. The van der Waals surface area contributed by atoms with E-state index in [1.54, 1.807) is 19.1 Å². The van der Waals surface area contributed by atoms with Crippen LogP contribution in [0.3, 0.4) is 0 Å². The number of alkyl halides is 2. The second-order valence-electron chi connectivity index (χ2n) is 4.81. The molecule has 1 fully saturated rings. The zero-order valence-electron chi connectivity index (χ0n) is 10.5. The number of carbonyl (C=O) groups is 1. The first kappa shape index (κ1) is 13.7. The summed E-state index contributed by atoms with van der Waals surface area (Å²) in [4.78, 5) is 11.7. The number of hydrogen-bond donors (Lipinski definition) is 2. The Kier molecular flexibility index (Phi) is 3.71. The van der Waals surface area contributed by atoms with Gasteiger partial charge < -0.3 is 10.5 Å². The number of nitrogens with one attached hydrogen (secondary N) is 1. The van der Waals surface area contributed by atoms with Crippen LogP contribution in [0.15, 0.2) is 24.3 Å². The van der Waals surface area contributed by atoms with E-state index in [4.69, 9.17) is 5.73 Å². The van der Waals surface area contributed by atoms with E-state index in [9.17, 15) is 13.6 Å². The van der Waals surface area contributed by atoms with Crippen molar-refractivity contribution in [3.05, 3.63) is 29.8 Å². The quantitative estimate of drug-likeness (QED) is 0.827. The Bertz CT molecular complexity index is 477. The molecule has 6 heteroatoms. The molecule has 0 saturated heterocycles. The first-order valence-corrected chi connectivity index (χ1v) is 6.05. The van der Waals surface area contributed by atoms with Crippen LogP contribution in [0, 0.1) is 0 Å². The minimum absolute atomic E-state index is 0.0116. The van der Waals surface area contributed by atoms with Gasteiger partial charge in [-0.2, -0.15) is 8.78 Å². The van der Waals surface area contributed by atoms with E-state index in [1.807, 2.05) is 0 Å². The lowest BCUT2D eigenvalue weighted by atomic mass is 9.91. The Labute approximate surface area is 109 Å². The van der Waals surface area contributed by atoms with Crippen molar-refractivity contribution in [2.75, 3.05) is 0 Å². The summed E-state index contributed by atoms with van der Waals surface area (Å²) in [5.41, 5.74) is 4.88. The molecule has 0 bridgehead atoms. The van der Waals surface area contributed by atoms with Crippen LogP contribution >= 0.6 is 0 Å². The van der Waals surface area contributed by atoms with Crippen molar-refractivity contribution in [3.63, 3.8) is 0 Å². The first-order chi connectivity index (χ1) is 8.91. The zero-order valence-corrected chi connectivity index (χ0v) is 10.5. The highest BCUT2D eigenvalue weighted by molar-refractivity contribution is 5.86. The van der Waals surface area contributed by atoms with Crippen LogP contribution in [-0.4, -0.2) is 18.6 Å². The van der Waals surface area contributed by atoms with Gasteiger partial charge in [-0.25, -0.2) is 0 Å². The lowest BCUT2D eigenvalue weighted by molar-refractivity contribution is -0.124. The van der Waals surface area contributed by atoms with Gasteiger partial charge in [-0.1, -0.05) is 12.1 Å². The monoisotopic (exact) mass is 270 g/mol. The minimum atomic E-state index is -2.90. The third-order valence-corrected chi connectivity index (χ3v) is 3.20. The van der Waals surface area contributed by atoms with Gasteiger partial charge in [-0.05, 0) is 37.5 Å². The van der Waals surface area contributed by atoms with Crippen LogP contribution in [-0.2, 0) is 10.3 Å². The fourth-order valence-corrected chi connectivity index (χ4v) is 1.92. The predicted octanol–water partition coefficient (Wildman–Crippen LogP) is 1.74. The Hall–Kier alpha value is -1.69. The molecule has 104 valence electrons. The second-order valence-corrected chi connectivity index (χ2v) is 4.81. The topological polar surface area (TPSA) is 64.3 Å². The molecule has 1 aliphatic carbocycles. The maximum atomic E-state index is 12.2. The lowest BCUT2D eigenvalue weighted by Crippen LogP contribution is -2.51. The van der Waals surface area contributed by atoms with Crippen LogP contribution in [0.4, 0.5) is 8.78 Å². The van der Waals surface area contributed by atoms with Crippen LogP contribution in [0.25, 0.3) is 0 Å². The van der Waals surface area contributed by atoms with Crippen molar-refractivity contribution < 1.29 is 18.3 Å². The smallest absolute Gasteiger partial charge is 0.387 e. The Morgan fingerprint density at radius 1 is 1.53 bits per heavy atom. The van der Waals surface area contributed by atoms with Crippen LogP contribution < -0.4 is 15.8 Å². The zero-order chi connectivity index (χ0) is 14.0. The average Bonchev–Trinajstić information content (AvgIpc) is 3.12.